The molecule has 3 N–H and O–H groups in total. The number of amides is 2. The molecule has 7 heteroatoms. The number of esters is 1. The lowest BCUT2D eigenvalue weighted by atomic mass is 10.0. The molecule has 0 aliphatic rings. The van der Waals surface area contributed by atoms with Crippen LogP contribution in [0.3, 0.4) is 0 Å². The van der Waals surface area contributed by atoms with Gasteiger partial charge >= 0.3 is 5.97 Å². The molecule has 0 saturated carbocycles. The average Bonchev–Trinajstić information content (AvgIpc) is 2.61. The molecule has 26 heavy (non-hydrogen) atoms. The number of nitrogens with one attached hydrogen (secondary N) is 1. The molecule has 0 unspecified atom stereocenters. The molecule has 2 aromatic carbocycles. The van der Waals surface area contributed by atoms with Crippen molar-refractivity contribution in [2.45, 2.75) is 19.4 Å². The van der Waals surface area contributed by atoms with Crippen molar-refractivity contribution in [1.29, 1.82) is 5.26 Å². The zero-order chi connectivity index (χ0) is 19.1. The van der Waals surface area contributed by atoms with Gasteiger partial charge in [-0.25, -0.2) is 0 Å². The van der Waals surface area contributed by atoms with Crippen molar-refractivity contribution in [3.8, 4) is 11.8 Å². The molecule has 0 aliphatic carbocycles. The van der Waals surface area contributed by atoms with Gasteiger partial charge in [0, 0.05) is 18.9 Å². The standard InChI is InChI=1S/C19H17N3O4/c1-12(23)26-16-8-6-15(7-9-16)19(25)22-17(18(21)24)10-13-2-4-14(11-20)5-3-13/h2-9,17H,10H2,1H3,(H2,21,24)(H,22,25)/t17-/m0/s1. The van der Waals surface area contributed by atoms with Crippen LogP contribution in [0.4, 0.5) is 0 Å². The highest BCUT2D eigenvalue weighted by Gasteiger charge is 2.19. The van der Waals surface area contributed by atoms with Crippen LogP contribution in [0.25, 0.3) is 0 Å². The van der Waals surface area contributed by atoms with Gasteiger partial charge in [-0.2, -0.15) is 5.26 Å². The molecule has 0 fully saturated rings. The summed E-state index contributed by atoms with van der Waals surface area (Å²) >= 11 is 0. The molecule has 0 spiro atoms. The number of nitriles is 1. The summed E-state index contributed by atoms with van der Waals surface area (Å²) in [4.78, 5) is 34.9. The SMILES string of the molecule is CC(=O)Oc1ccc(C(=O)N[C@@H](Cc2ccc(C#N)cc2)C(N)=O)cc1. The fourth-order valence-electron chi connectivity index (χ4n) is 2.26. The Morgan fingerprint density at radius 2 is 1.73 bits per heavy atom. The highest BCUT2D eigenvalue weighted by Crippen LogP contribution is 2.13. The lowest BCUT2D eigenvalue weighted by molar-refractivity contribution is -0.131. The van der Waals surface area contributed by atoms with Crippen molar-refractivity contribution < 1.29 is 19.1 Å². The maximum Gasteiger partial charge on any atom is 0.308 e. The molecule has 0 heterocycles. The summed E-state index contributed by atoms with van der Waals surface area (Å²) in [5.41, 5.74) is 6.94. The van der Waals surface area contributed by atoms with E-state index in [1.807, 2.05) is 6.07 Å². The predicted octanol–water partition coefficient (Wildman–Crippen LogP) is 1.31. The number of ether oxygens (including phenoxy) is 1. The van der Waals surface area contributed by atoms with Crippen molar-refractivity contribution in [2.24, 2.45) is 5.73 Å². The van der Waals surface area contributed by atoms with Crippen LogP contribution in [0.1, 0.15) is 28.4 Å². The molecule has 0 aromatic heterocycles. The predicted molar refractivity (Wildman–Crippen MR) is 93.1 cm³/mol. The van der Waals surface area contributed by atoms with Crippen molar-refractivity contribution >= 4 is 17.8 Å². The number of carbonyl (C=O) groups excluding carboxylic acids is 3. The largest absolute Gasteiger partial charge is 0.427 e. The fourth-order valence-corrected chi connectivity index (χ4v) is 2.26. The number of nitrogens with zero attached hydrogens (tertiary/aromatic N) is 1. The third-order valence-corrected chi connectivity index (χ3v) is 3.55. The fraction of sp³-hybridized carbons (Fsp3) is 0.158. The highest BCUT2D eigenvalue weighted by atomic mass is 16.5. The Balaban J connectivity index is 2.06. The van der Waals surface area contributed by atoms with Gasteiger partial charge in [0.15, 0.2) is 0 Å². The van der Waals surface area contributed by atoms with Crippen molar-refractivity contribution in [1.82, 2.24) is 5.32 Å². The zero-order valence-corrected chi connectivity index (χ0v) is 14.1. The first kappa shape index (κ1) is 18.7. The molecular formula is C19H17N3O4. The maximum absolute atomic E-state index is 12.3. The molecule has 0 saturated heterocycles. The van der Waals surface area contributed by atoms with E-state index in [1.165, 1.54) is 31.2 Å². The summed E-state index contributed by atoms with van der Waals surface area (Å²) < 4.78 is 4.90. The summed E-state index contributed by atoms with van der Waals surface area (Å²) in [5.74, 6) is -1.28. The van der Waals surface area contributed by atoms with Crippen LogP contribution in [0.15, 0.2) is 48.5 Å². The van der Waals surface area contributed by atoms with Gasteiger partial charge in [0.05, 0.1) is 11.6 Å². The van der Waals surface area contributed by atoms with E-state index in [2.05, 4.69) is 5.32 Å². The number of nitrogens with two attached hydrogens (primary N) is 1. The van der Waals surface area contributed by atoms with Gasteiger partial charge in [-0.3, -0.25) is 14.4 Å². The third-order valence-electron chi connectivity index (χ3n) is 3.55. The van der Waals surface area contributed by atoms with Crippen molar-refractivity contribution in [3.05, 3.63) is 65.2 Å². The summed E-state index contributed by atoms with van der Waals surface area (Å²) in [6.07, 6.45) is 0.207. The van der Waals surface area contributed by atoms with Gasteiger partial charge in [-0.05, 0) is 42.0 Å². The Labute approximate surface area is 150 Å². The summed E-state index contributed by atoms with van der Waals surface area (Å²) in [6.45, 7) is 1.28. The first-order valence-corrected chi connectivity index (χ1v) is 7.76. The number of hydrogen-bond acceptors (Lipinski definition) is 5. The molecule has 2 aromatic rings. The summed E-state index contributed by atoms with van der Waals surface area (Å²) in [6, 6.07) is 13.7. The minimum Gasteiger partial charge on any atom is -0.427 e. The Bertz CT molecular complexity index is 852. The van der Waals surface area contributed by atoms with Gasteiger partial charge in [-0.15, -0.1) is 0 Å². The van der Waals surface area contributed by atoms with E-state index >= 15 is 0 Å². The first-order chi connectivity index (χ1) is 12.4. The van der Waals surface area contributed by atoms with Gasteiger partial charge < -0.3 is 15.8 Å². The molecule has 132 valence electrons. The molecule has 2 rings (SSSR count). The summed E-state index contributed by atoms with van der Waals surface area (Å²) in [7, 11) is 0. The van der Waals surface area contributed by atoms with E-state index in [0.717, 1.165) is 5.56 Å². The topological polar surface area (TPSA) is 122 Å². The highest BCUT2D eigenvalue weighted by molar-refractivity contribution is 5.97. The molecule has 7 nitrogen and oxygen atoms in total. The van der Waals surface area contributed by atoms with Crippen LogP contribution in [0.5, 0.6) is 5.75 Å². The van der Waals surface area contributed by atoms with Gasteiger partial charge in [0.25, 0.3) is 5.91 Å². The zero-order valence-electron chi connectivity index (χ0n) is 14.1. The minimum absolute atomic E-state index is 0.207. The monoisotopic (exact) mass is 351 g/mol. The summed E-state index contributed by atoms with van der Waals surface area (Å²) in [5, 5.41) is 11.4. The normalized spacial score (nSPS) is 11.1. The molecule has 0 bridgehead atoms. The first-order valence-electron chi connectivity index (χ1n) is 7.76. The second-order valence-electron chi connectivity index (χ2n) is 5.56. The van der Waals surface area contributed by atoms with E-state index in [4.69, 9.17) is 15.7 Å². The minimum atomic E-state index is -0.899. The molecular weight excluding hydrogens is 334 g/mol. The molecule has 2 amide bonds. The quantitative estimate of drug-likeness (QED) is 0.600. The lowest BCUT2D eigenvalue weighted by Gasteiger charge is -2.16. The third kappa shape index (κ3) is 5.18. The van der Waals surface area contributed by atoms with Crippen molar-refractivity contribution in [2.75, 3.05) is 0 Å². The van der Waals surface area contributed by atoms with Crippen molar-refractivity contribution in [3.63, 3.8) is 0 Å². The number of rotatable bonds is 6. The van der Waals surface area contributed by atoms with E-state index in [-0.39, 0.29) is 6.42 Å². The number of carbonyl (C=O) groups is 3. The Kier molecular flexibility index (Phi) is 6.06. The number of hydrogen-bond donors (Lipinski definition) is 2. The average molecular weight is 351 g/mol. The Hall–Kier alpha value is -3.66. The molecule has 0 radical (unpaired) electrons. The van der Waals surface area contributed by atoms with Crippen LogP contribution in [-0.2, 0) is 16.0 Å². The maximum atomic E-state index is 12.3. The van der Waals surface area contributed by atoms with Gasteiger partial charge in [0.1, 0.15) is 11.8 Å². The second-order valence-corrected chi connectivity index (χ2v) is 5.56. The van der Waals surface area contributed by atoms with Crippen LogP contribution in [0.2, 0.25) is 0 Å². The van der Waals surface area contributed by atoms with Crippen LogP contribution in [-0.4, -0.2) is 23.8 Å². The molecule has 1 atom stereocenters. The van der Waals surface area contributed by atoms with E-state index in [1.54, 1.807) is 24.3 Å². The van der Waals surface area contributed by atoms with E-state index < -0.39 is 23.8 Å². The number of benzene rings is 2. The smallest absolute Gasteiger partial charge is 0.308 e. The van der Waals surface area contributed by atoms with E-state index in [0.29, 0.717) is 16.9 Å². The lowest BCUT2D eigenvalue weighted by Crippen LogP contribution is -2.45. The Morgan fingerprint density at radius 3 is 2.23 bits per heavy atom. The Morgan fingerprint density at radius 1 is 1.12 bits per heavy atom. The van der Waals surface area contributed by atoms with Crippen LogP contribution < -0.4 is 15.8 Å². The van der Waals surface area contributed by atoms with Crippen LogP contribution in [0, 0.1) is 11.3 Å². The second kappa shape index (κ2) is 8.44. The van der Waals surface area contributed by atoms with Crippen LogP contribution >= 0.6 is 0 Å². The van der Waals surface area contributed by atoms with E-state index in [9.17, 15) is 14.4 Å². The number of primary amides is 1. The van der Waals surface area contributed by atoms with Gasteiger partial charge in [0.2, 0.25) is 5.91 Å². The molecule has 0 aliphatic heterocycles. The van der Waals surface area contributed by atoms with Gasteiger partial charge in [-0.1, -0.05) is 12.1 Å².